The number of furan rings is 1. The van der Waals surface area contributed by atoms with Crippen LogP contribution in [0.25, 0.3) is 11.0 Å². The first-order chi connectivity index (χ1) is 9.08. The van der Waals surface area contributed by atoms with Crippen LogP contribution in [0.3, 0.4) is 0 Å². The molecule has 1 heterocycles. The summed E-state index contributed by atoms with van der Waals surface area (Å²) < 4.78 is 10.8. The van der Waals surface area contributed by atoms with Crippen molar-refractivity contribution in [2.24, 2.45) is 0 Å². The van der Waals surface area contributed by atoms with Gasteiger partial charge in [0.25, 0.3) is 5.91 Å². The molecule has 2 rings (SSSR count). The number of aliphatic hydroxyl groups excluding tert-OH is 1. The van der Waals surface area contributed by atoms with Crippen LogP contribution in [0.1, 0.15) is 16.1 Å². The van der Waals surface area contributed by atoms with Crippen molar-refractivity contribution in [1.82, 2.24) is 4.90 Å². The minimum atomic E-state index is -0.235. The number of likely N-dealkylation sites (N-methyl/N-ethyl adjacent to an activating group) is 1. The lowest BCUT2D eigenvalue weighted by Crippen LogP contribution is -2.29. The van der Waals surface area contributed by atoms with E-state index in [1.807, 2.05) is 13.0 Å². The maximum absolute atomic E-state index is 12.2. The SMILES string of the molecule is COc1ccc2oc(C(=O)N(C)CCO)c(C)c2c1. The van der Waals surface area contributed by atoms with E-state index < -0.39 is 0 Å². The second-order valence-electron chi connectivity index (χ2n) is 4.37. The molecule has 0 radical (unpaired) electrons. The van der Waals surface area contributed by atoms with Crippen LogP contribution in [0.5, 0.6) is 5.75 Å². The summed E-state index contributed by atoms with van der Waals surface area (Å²) in [4.78, 5) is 13.6. The third-order valence-corrected chi connectivity index (χ3v) is 3.12. The van der Waals surface area contributed by atoms with Crippen LogP contribution < -0.4 is 4.74 Å². The molecule has 0 saturated carbocycles. The Hall–Kier alpha value is -2.01. The predicted molar refractivity (Wildman–Crippen MR) is 71.5 cm³/mol. The molecule has 0 fully saturated rings. The molecule has 0 bridgehead atoms. The van der Waals surface area contributed by atoms with E-state index in [0.29, 0.717) is 11.3 Å². The molecule has 19 heavy (non-hydrogen) atoms. The molecule has 0 unspecified atom stereocenters. The van der Waals surface area contributed by atoms with E-state index in [0.717, 1.165) is 16.7 Å². The quantitative estimate of drug-likeness (QED) is 0.913. The lowest BCUT2D eigenvalue weighted by atomic mass is 10.1. The van der Waals surface area contributed by atoms with Gasteiger partial charge in [0.15, 0.2) is 5.76 Å². The van der Waals surface area contributed by atoms with Gasteiger partial charge in [-0.15, -0.1) is 0 Å². The summed E-state index contributed by atoms with van der Waals surface area (Å²) in [6.07, 6.45) is 0. The Morgan fingerprint density at radius 1 is 1.47 bits per heavy atom. The Bertz CT molecular complexity index is 603. The number of methoxy groups -OCH3 is 1. The highest BCUT2D eigenvalue weighted by molar-refractivity contribution is 5.99. The molecule has 0 spiro atoms. The van der Waals surface area contributed by atoms with E-state index in [2.05, 4.69) is 0 Å². The minimum Gasteiger partial charge on any atom is -0.497 e. The number of rotatable bonds is 4. The van der Waals surface area contributed by atoms with Gasteiger partial charge in [0.1, 0.15) is 11.3 Å². The second kappa shape index (κ2) is 5.32. The monoisotopic (exact) mass is 263 g/mol. The number of benzene rings is 1. The average Bonchev–Trinajstić information content (AvgIpc) is 2.75. The molecule has 5 nitrogen and oxygen atoms in total. The van der Waals surface area contributed by atoms with E-state index in [4.69, 9.17) is 14.3 Å². The number of aliphatic hydroxyl groups is 1. The summed E-state index contributed by atoms with van der Waals surface area (Å²) in [6, 6.07) is 5.41. The first-order valence-corrected chi connectivity index (χ1v) is 6.02. The number of amides is 1. The zero-order valence-electron chi connectivity index (χ0n) is 11.3. The first-order valence-electron chi connectivity index (χ1n) is 6.02. The Morgan fingerprint density at radius 2 is 2.21 bits per heavy atom. The van der Waals surface area contributed by atoms with Crippen molar-refractivity contribution in [3.05, 3.63) is 29.5 Å². The van der Waals surface area contributed by atoms with Gasteiger partial charge in [-0.2, -0.15) is 0 Å². The number of fused-ring (bicyclic) bond motifs is 1. The van der Waals surface area contributed by atoms with Crippen molar-refractivity contribution < 1.29 is 19.1 Å². The van der Waals surface area contributed by atoms with E-state index in [1.165, 1.54) is 4.90 Å². The van der Waals surface area contributed by atoms with Gasteiger partial charge >= 0.3 is 0 Å². The van der Waals surface area contributed by atoms with Crippen LogP contribution in [0, 0.1) is 6.92 Å². The van der Waals surface area contributed by atoms with Gasteiger partial charge < -0.3 is 19.2 Å². The van der Waals surface area contributed by atoms with Gasteiger partial charge in [-0.1, -0.05) is 0 Å². The second-order valence-corrected chi connectivity index (χ2v) is 4.37. The standard InChI is InChI=1S/C14H17NO4/c1-9-11-8-10(18-3)4-5-12(11)19-13(9)14(17)15(2)6-7-16/h4-5,8,16H,6-7H2,1-3H3. The number of carbonyl (C=O) groups is 1. The molecule has 1 aromatic heterocycles. The van der Waals surface area contributed by atoms with Gasteiger partial charge in [0.2, 0.25) is 0 Å². The van der Waals surface area contributed by atoms with E-state index >= 15 is 0 Å². The summed E-state index contributed by atoms with van der Waals surface area (Å²) in [7, 11) is 3.23. The molecule has 102 valence electrons. The van der Waals surface area contributed by atoms with E-state index in [1.54, 1.807) is 26.3 Å². The van der Waals surface area contributed by atoms with Gasteiger partial charge in [-0.3, -0.25) is 4.79 Å². The molecule has 0 aliphatic carbocycles. The van der Waals surface area contributed by atoms with Crippen LogP contribution >= 0.6 is 0 Å². The zero-order chi connectivity index (χ0) is 14.0. The van der Waals surface area contributed by atoms with Crippen molar-refractivity contribution in [3.8, 4) is 5.75 Å². The lowest BCUT2D eigenvalue weighted by molar-refractivity contribution is 0.0737. The van der Waals surface area contributed by atoms with Crippen LogP contribution in [0.15, 0.2) is 22.6 Å². The lowest BCUT2D eigenvalue weighted by Gasteiger charge is -2.13. The number of hydrogen-bond acceptors (Lipinski definition) is 4. The largest absolute Gasteiger partial charge is 0.497 e. The molecule has 2 aromatic rings. The number of aryl methyl sites for hydroxylation is 1. The highest BCUT2D eigenvalue weighted by Crippen LogP contribution is 2.29. The van der Waals surface area contributed by atoms with Crippen molar-refractivity contribution in [1.29, 1.82) is 0 Å². The summed E-state index contributed by atoms with van der Waals surface area (Å²) in [6.45, 7) is 2.04. The molecule has 1 N–H and O–H groups in total. The molecule has 0 aliphatic rings. The number of nitrogens with zero attached hydrogens (tertiary/aromatic N) is 1. The van der Waals surface area contributed by atoms with Gasteiger partial charge in [0, 0.05) is 24.5 Å². The maximum atomic E-state index is 12.2. The average molecular weight is 263 g/mol. The van der Waals surface area contributed by atoms with Gasteiger partial charge in [-0.05, 0) is 25.1 Å². The Labute approximate surface area is 111 Å². The molecule has 1 amide bonds. The van der Waals surface area contributed by atoms with Crippen LogP contribution in [-0.2, 0) is 0 Å². The van der Waals surface area contributed by atoms with Crippen molar-refractivity contribution >= 4 is 16.9 Å². The molecule has 0 atom stereocenters. The molecular formula is C14H17NO4. The Balaban J connectivity index is 2.45. The van der Waals surface area contributed by atoms with E-state index in [-0.39, 0.29) is 19.1 Å². The fourth-order valence-electron chi connectivity index (χ4n) is 1.96. The summed E-state index contributed by atoms with van der Waals surface area (Å²) in [5.41, 5.74) is 1.43. The maximum Gasteiger partial charge on any atom is 0.289 e. The Kier molecular flexibility index (Phi) is 3.76. The summed E-state index contributed by atoms with van der Waals surface area (Å²) >= 11 is 0. The smallest absolute Gasteiger partial charge is 0.289 e. The van der Waals surface area contributed by atoms with Gasteiger partial charge in [0.05, 0.1) is 13.7 Å². The minimum absolute atomic E-state index is 0.0741. The van der Waals surface area contributed by atoms with Gasteiger partial charge in [-0.25, -0.2) is 0 Å². The zero-order valence-corrected chi connectivity index (χ0v) is 11.3. The van der Waals surface area contributed by atoms with Crippen LogP contribution in [0.4, 0.5) is 0 Å². The normalized spacial score (nSPS) is 10.7. The topological polar surface area (TPSA) is 62.9 Å². The molecule has 0 aliphatic heterocycles. The van der Waals surface area contributed by atoms with Crippen molar-refractivity contribution in [3.63, 3.8) is 0 Å². The number of carbonyl (C=O) groups excluding carboxylic acids is 1. The third-order valence-electron chi connectivity index (χ3n) is 3.12. The van der Waals surface area contributed by atoms with Crippen LogP contribution in [-0.4, -0.2) is 43.2 Å². The summed E-state index contributed by atoms with van der Waals surface area (Å²) in [5, 5.41) is 9.73. The predicted octanol–water partition coefficient (Wildman–Crippen LogP) is 1.81. The van der Waals surface area contributed by atoms with Crippen LogP contribution in [0.2, 0.25) is 0 Å². The highest BCUT2D eigenvalue weighted by Gasteiger charge is 2.20. The van der Waals surface area contributed by atoms with Crippen molar-refractivity contribution in [2.75, 3.05) is 27.3 Å². The molecule has 1 aromatic carbocycles. The fourth-order valence-corrected chi connectivity index (χ4v) is 1.96. The highest BCUT2D eigenvalue weighted by atomic mass is 16.5. The molecule has 0 saturated heterocycles. The fraction of sp³-hybridized carbons (Fsp3) is 0.357. The van der Waals surface area contributed by atoms with Crippen molar-refractivity contribution in [2.45, 2.75) is 6.92 Å². The van der Waals surface area contributed by atoms with E-state index in [9.17, 15) is 4.79 Å². The summed E-state index contributed by atoms with van der Waals surface area (Å²) in [5.74, 6) is 0.792. The third kappa shape index (κ3) is 2.42. The Morgan fingerprint density at radius 3 is 2.84 bits per heavy atom. The molecular weight excluding hydrogens is 246 g/mol. The number of ether oxygens (including phenoxy) is 1. The first kappa shape index (κ1) is 13.4. The number of hydrogen-bond donors (Lipinski definition) is 1. The molecule has 5 heteroatoms.